The minimum atomic E-state index is 0.570. The molecule has 0 aliphatic rings. The van der Waals surface area contributed by atoms with Crippen LogP contribution in [0.15, 0.2) is 78.9 Å². The molecule has 0 fully saturated rings. The van der Waals surface area contributed by atoms with Gasteiger partial charge in [0, 0.05) is 23.5 Å². The number of para-hydroxylation sites is 1. The first kappa shape index (κ1) is 13.4. The van der Waals surface area contributed by atoms with Crippen molar-refractivity contribution in [3.8, 4) is 11.1 Å². The van der Waals surface area contributed by atoms with Gasteiger partial charge >= 0.3 is 0 Å². The molecule has 3 aromatic carbocycles. The average molecular weight is 274 g/mol. The first-order valence-electron chi connectivity index (χ1n) is 7.07. The molecule has 0 bridgehead atoms. The van der Waals surface area contributed by atoms with E-state index in [4.69, 9.17) is 5.73 Å². The highest BCUT2D eigenvalue weighted by Gasteiger charge is 2.04. The average Bonchev–Trinajstić information content (AvgIpc) is 2.57. The zero-order valence-corrected chi connectivity index (χ0v) is 11.8. The summed E-state index contributed by atoms with van der Waals surface area (Å²) in [5.41, 5.74) is 11.3. The smallest absolute Gasteiger partial charge is 0.0463 e. The summed E-state index contributed by atoms with van der Waals surface area (Å²) >= 11 is 0. The van der Waals surface area contributed by atoms with Crippen LogP contribution in [0.3, 0.4) is 0 Å². The number of anilines is 2. The Labute approximate surface area is 125 Å². The van der Waals surface area contributed by atoms with E-state index in [2.05, 4.69) is 59.9 Å². The van der Waals surface area contributed by atoms with Gasteiger partial charge in [-0.1, -0.05) is 60.7 Å². The Morgan fingerprint density at radius 1 is 0.714 bits per heavy atom. The second-order valence-electron chi connectivity index (χ2n) is 4.94. The molecule has 0 aliphatic carbocycles. The largest absolute Gasteiger partial charge is 0.355 e. The van der Waals surface area contributed by atoms with Crippen molar-refractivity contribution < 1.29 is 0 Å². The quantitative estimate of drug-likeness (QED) is 0.732. The lowest BCUT2D eigenvalue weighted by Crippen LogP contribution is -1.97. The van der Waals surface area contributed by atoms with Crippen LogP contribution < -0.4 is 11.1 Å². The molecule has 0 spiro atoms. The van der Waals surface area contributed by atoms with E-state index < -0.39 is 0 Å². The summed E-state index contributed by atoms with van der Waals surface area (Å²) in [5.74, 6) is 0. The number of benzene rings is 3. The van der Waals surface area contributed by atoms with Crippen molar-refractivity contribution >= 4 is 11.4 Å². The maximum Gasteiger partial charge on any atom is 0.0463 e. The van der Waals surface area contributed by atoms with Gasteiger partial charge in [-0.15, -0.1) is 0 Å². The van der Waals surface area contributed by atoms with Gasteiger partial charge in [0.2, 0.25) is 0 Å². The van der Waals surface area contributed by atoms with Gasteiger partial charge in [0.15, 0.2) is 0 Å². The number of nitrogens with one attached hydrogen (secondary N) is 1. The lowest BCUT2D eigenvalue weighted by atomic mass is 10.0. The highest BCUT2D eigenvalue weighted by atomic mass is 14.9. The van der Waals surface area contributed by atoms with Crippen LogP contribution in [0.2, 0.25) is 0 Å². The molecular formula is C19H18N2. The van der Waals surface area contributed by atoms with E-state index in [0.717, 1.165) is 16.9 Å². The minimum absolute atomic E-state index is 0.570. The van der Waals surface area contributed by atoms with Gasteiger partial charge in [0.1, 0.15) is 0 Å². The maximum atomic E-state index is 5.63. The molecule has 21 heavy (non-hydrogen) atoms. The summed E-state index contributed by atoms with van der Waals surface area (Å²) in [6.07, 6.45) is 0. The Kier molecular flexibility index (Phi) is 3.99. The first-order valence-corrected chi connectivity index (χ1v) is 7.07. The fourth-order valence-electron chi connectivity index (χ4n) is 2.34. The van der Waals surface area contributed by atoms with Crippen molar-refractivity contribution in [1.82, 2.24) is 0 Å². The molecule has 0 aliphatic heterocycles. The van der Waals surface area contributed by atoms with Crippen LogP contribution in [0.5, 0.6) is 0 Å². The number of hydrogen-bond acceptors (Lipinski definition) is 2. The Morgan fingerprint density at radius 3 is 2.10 bits per heavy atom. The van der Waals surface area contributed by atoms with Gasteiger partial charge in [-0.25, -0.2) is 0 Å². The molecule has 2 heteroatoms. The van der Waals surface area contributed by atoms with Crippen LogP contribution in [-0.2, 0) is 6.54 Å². The van der Waals surface area contributed by atoms with Gasteiger partial charge < -0.3 is 11.1 Å². The molecule has 0 saturated carbocycles. The van der Waals surface area contributed by atoms with E-state index in [1.165, 1.54) is 11.1 Å². The minimum Gasteiger partial charge on any atom is -0.355 e. The molecule has 0 radical (unpaired) electrons. The van der Waals surface area contributed by atoms with Crippen LogP contribution in [-0.4, -0.2) is 0 Å². The van der Waals surface area contributed by atoms with Crippen molar-refractivity contribution in [3.63, 3.8) is 0 Å². The van der Waals surface area contributed by atoms with E-state index in [9.17, 15) is 0 Å². The van der Waals surface area contributed by atoms with Crippen molar-refractivity contribution in [1.29, 1.82) is 0 Å². The predicted octanol–water partition coefficient (Wildman–Crippen LogP) is 4.56. The van der Waals surface area contributed by atoms with Crippen LogP contribution >= 0.6 is 0 Å². The zero-order valence-electron chi connectivity index (χ0n) is 11.8. The molecule has 0 amide bonds. The lowest BCUT2D eigenvalue weighted by Gasteiger charge is -2.12. The van der Waals surface area contributed by atoms with Crippen LogP contribution in [0.4, 0.5) is 11.4 Å². The van der Waals surface area contributed by atoms with E-state index in [0.29, 0.717) is 6.54 Å². The van der Waals surface area contributed by atoms with Crippen LogP contribution in [0.25, 0.3) is 11.1 Å². The molecule has 0 saturated heterocycles. The third-order valence-corrected chi connectivity index (χ3v) is 3.48. The highest BCUT2D eigenvalue weighted by Crippen LogP contribution is 2.29. The second kappa shape index (κ2) is 6.25. The van der Waals surface area contributed by atoms with Gasteiger partial charge in [-0.2, -0.15) is 0 Å². The van der Waals surface area contributed by atoms with E-state index in [-0.39, 0.29) is 0 Å². The van der Waals surface area contributed by atoms with Gasteiger partial charge in [-0.3, -0.25) is 0 Å². The number of nitrogens with two attached hydrogens (primary N) is 1. The van der Waals surface area contributed by atoms with Gasteiger partial charge in [-0.05, 0) is 29.3 Å². The van der Waals surface area contributed by atoms with Gasteiger partial charge in [0.25, 0.3) is 0 Å². The third kappa shape index (κ3) is 3.12. The molecule has 3 aromatic rings. The summed E-state index contributed by atoms with van der Waals surface area (Å²) in [7, 11) is 0. The van der Waals surface area contributed by atoms with Crippen molar-refractivity contribution in [2.75, 3.05) is 5.32 Å². The zero-order chi connectivity index (χ0) is 14.5. The monoisotopic (exact) mass is 274 g/mol. The van der Waals surface area contributed by atoms with Crippen molar-refractivity contribution in [2.45, 2.75) is 6.54 Å². The molecule has 3 rings (SSSR count). The van der Waals surface area contributed by atoms with E-state index in [1.54, 1.807) is 0 Å². The Balaban J connectivity index is 1.92. The SMILES string of the molecule is NCc1ccc(Nc2ccccc2-c2ccccc2)cc1. The van der Waals surface area contributed by atoms with E-state index >= 15 is 0 Å². The standard InChI is InChI=1S/C19H18N2/c20-14-15-10-12-17(13-11-15)21-19-9-5-4-8-18(19)16-6-2-1-3-7-16/h1-13,21H,14,20H2. The normalized spacial score (nSPS) is 10.3. The second-order valence-corrected chi connectivity index (χ2v) is 4.94. The summed E-state index contributed by atoms with van der Waals surface area (Å²) in [4.78, 5) is 0. The molecule has 3 N–H and O–H groups in total. The predicted molar refractivity (Wildman–Crippen MR) is 89.5 cm³/mol. The molecule has 0 atom stereocenters. The Hall–Kier alpha value is -2.58. The third-order valence-electron chi connectivity index (χ3n) is 3.48. The number of rotatable bonds is 4. The topological polar surface area (TPSA) is 38.0 Å². The van der Waals surface area contributed by atoms with Crippen LogP contribution in [0, 0.1) is 0 Å². The maximum absolute atomic E-state index is 5.63. The molecule has 0 aromatic heterocycles. The Bertz CT molecular complexity index is 703. The number of hydrogen-bond donors (Lipinski definition) is 2. The highest BCUT2D eigenvalue weighted by molar-refractivity contribution is 5.80. The van der Waals surface area contributed by atoms with E-state index in [1.807, 2.05) is 24.3 Å². The van der Waals surface area contributed by atoms with Gasteiger partial charge in [0.05, 0.1) is 0 Å². The molecule has 0 heterocycles. The fraction of sp³-hybridized carbons (Fsp3) is 0.0526. The summed E-state index contributed by atoms with van der Waals surface area (Å²) in [6.45, 7) is 0.570. The van der Waals surface area contributed by atoms with Crippen molar-refractivity contribution in [3.05, 3.63) is 84.4 Å². The molecular weight excluding hydrogens is 256 g/mol. The molecule has 0 unspecified atom stereocenters. The lowest BCUT2D eigenvalue weighted by molar-refractivity contribution is 1.07. The summed E-state index contributed by atoms with van der Waals surface area (Å²) in [5, 5.41) is 3.48. The first-order chi connectivity index (χ1) is 10.4. The molecule has 2 nitrogen and oxygen atoms in total. The fourth-order valence-corrected chi connectivity index (χ4v) is 2.34. The molecule has 104 valence electrons. The Morgan fingerprint density at radius 2 is 1.38 bits per heavy atom. The van der Waals surface area contributed by atoms with Crippen LogP contribution in [0.1, 0.15) is 5.56 Å². The summed E-state index contributed by atoms with van der Waals surface area (Å²) in [6, 6.07) is 26.9. The summed E-state index contributed by atoms with van der Waals surface area (Å²) < 4.78 is 0. The van der Waals surface area contributed by atoms with Crippen molar-refractivity contribution in [2.24, 2.45) is 5.73 Å².